The highest BCUT2D eigenvalue weighted by Crippen LogP contribution is 2.55. The van der Waals surface area contributed by atoms with Crippen molar-refractivity contribution in [3.8, 4) is 11.5 Å². The highest BCUT2D eigenvalue weighted by atomic mass is 16.5. The third-order valence-electron chi connectivity index (χ3n) is 6.95. The summed E-state index contributed by atoms with van der Waals surface area (Å²) in [5.74, 6) is 3.30. The minimum atomic E-state index is -0.475. The molecular weight excluding hydrogens is 392 g/mol. The number of nitrogens with zero attached hydrogens (tertiary/aromatic N) is 4. The summed E-state index contributed by atoms with van der Waals surface area (Å²) in [7, 11) is 1.68. The Balaban J connectivity index is 1.57. The van der Waals surface area contributed by atoms with E-state index in [-0.39, 0.29) is 11.5 Å². The fraction of sp³-hybridized carbons (Fsp3) is 0.500. The topological polar surface area (TPSA) is 71.0 Å². The van der Waals surface area contributed by atoms with Crippen molar-refractivity contribution in [2.45, 2.75) is 50.9 Å². The summed E-state index contributed by atoms with van der Waals surface area (Å²) < 4.78 is 12.0. The Morgan fingerprint density at radius 2 is 2.13 bits per heavy atom. The van der Waals surface area contributed by atoms with E-state index in [9.17, 15) is 5.11 Å². The number of aliphatic hydroxyl groups excluding tert-OH is 1. The first-order valence-corrected chi connectivity index (χ1v) is 11.2. The SMILES string of the molecule is CCN(CC)c1nccc(N2CC[C@@]34C=C[C@H](O)C[C@@H]3Oc3c(OC)ccc(c34)C2)n1. The van der Waals surface area contributed by atoms with Gasteiger partial charge in [-0.2, -0.15) is 4.98 Å². The highest BCUT2D eigenvalue weighted by Gasteiger charge is 2.52. The van der Waals surface area contributed by atoms with Gasteiger partial charge >= 0.3 is 0 Å². The van der Waals surface area contributed by atoms with Crippen molar-refractivity contribution in [2.24, 2.45) is 0 Å². The normalized spacial score (nSPS) is 26.0. The molecule has 1 aromatic carbocycles. The number of ether oxygens (including phenoxy) is 2. The summed E-state index contributed by atoms with van der Waals surface area (Å²) in [4.78, 5) is 13.9. The molecular formula is C24H30N4O3. The van der Waals surface area contributed by atoms with Crippen LogP contribution in [-0.4, -0.2) is 54.0 Å². The molecule has 7 heteroatoms. The number of anilines is 2. The van der Waals surface area contributed by atoms with Gasteiger partial charge in [-0.25, -0.2) is 4.98 Å². The summed E-state index contributed by atoms with van der Waals surface area (Å²) >= 11 is 0. The first-order valence-electron chi connectivity index (χ1n) is 11.2. The second kappa shape index (κ2) is 7.71. The molecule has 0 radical (unpaired) electrons. The van der Waals surface area contributed by atoms with Crippen molar-refractivity contribution in [1.82, 2.24) is 9.97 Å². The Labute approximate surface area is 183 Å². The van der Waals surface area contributed by atoms with Crippen LogP contribution in [0.5, 0.6) is 11.5 Å². The van der Waals surface area contributed by atoms with Gasteiger partial charge in [-0.15, -0.1) is 0 Å². The van der Waals surface area contributed by atoms with Crippen LogP contribution in [0.4, 0.5) is 11.8 Å². The number of rotatable bonds is 5. The number of hydrogen-bond acceptors (Lipinski definition) is 7. The van der Waals surface area contributed by atoms with Crippen LogP contribution in [0.1, 0.15) is 37.8 Å². The predicted molar refractivity (Wildman–Crippen MR) is 120 cm³/mol. The molecule has 0 unspecified atom stereocenters. The van der Waals surface area contributed by atoms with E-state index in [0.717, 1.165) is 55.9 Å². The molecule has 0 saturated heterocycles. The molecule has 2 aromatic rings. The van der Waals surface area contributed by atoms with Gasteiger partial charge in [0, 0.05) is 44.4 Å². The Morgan fingerprint density at radius 1 is 1.29 bits per heavy atom. The number of methoxy groups -OCH3 is 1. The summed E-state index contributed by atoms with van der Waals surface area (Å²) in [6, 6.07) is 6.13. The fourth-order valence-corrected chi connectivity index (χ4v) is 5.31. The van der Waals surface area contributed by atoms with Crippen molar-refractivity contribution in [1.29, 1.82) is 0 Å². The smallest absolute Gasteiger partial charge is 0.227 e. The van der Waals surface area contributed by atoms with E-state index < -0.39 is 6.10 Å². The lowest BCUT2D eigenvalue weighted by Gasteiger charge is -2.36. The average Bonchev–Trinajstić information content (AvgIpc) is 3.02. The van der Waals surface area contributed by atoms with Crippen molar-refractivity contribution >= 4 is 11.8 Å². The van der Waals surface area contributed by atoms with Crippen LogP contribution >= 0.6 is 0 Å². The fourth-order valence-electron chi connectivity index (χ4n) is 5.31. The average molecular weight is 423 g/mol. The van der Waals surface area contributed by atoms with E-state index in [1.807, 2.05) is 24.4 Å². The molecule has 0 saturated carbocycles. The molecule has 1 spiro atoms. The Kier molecular flexibility index (Phi) is 5.01. The van der Waals surface area contributed by atoms with Gasteiger partial charge < -0.3 is 24.4 Å². The maximum atomic E-state index is 10.3. The lowest BCUT2D eigenvalue weighted by molar-refractivity contribution is 0.0856. The van der Waals surface area contributed by atoms with Crippen LogP contribution in [0.25, 0.3) is 0 Å². The molecule has 1 aromatic heterocycles. The predicted octanol–water partition coefficient (Wildman–Crippen LogP) is 3.06. The minimum absolute atomic E-state index is 0.0888. The van der Waals surface area contributed by atoms with Crippen molar-refractivity contribution < 1.29 is 14.6 Å². The highest BCUT2D eigenvalue weighted by molar-refractivity contribution is 5.62. The summed E-state index contributed by atoms with van der Waals surface area (Å²) in [5, 5.41) is 10.3. The first-order chi connectivity index (χ1) is 15.1. The molecule has 3 atom stereocenters. The number of aromatic nitrogens is 2. The maximum Gasteiger partial charge on any atom is 0.227 e. The molecule has 164 valence electrons. The van der Waals surface area contributed by atoms with Crippen molar-refractivity contribution in [3.05, 3.63) is 47.7 Å². The molecule has 2 aliphatic heterocycles. The number of aliphatic hydroxyl groups is 1. The molecule has 1 N–H and O–H groups in total. The van der Waals surface area contributed by atoms with E-state index in [4.69, 9.17) is 14.5 Å². The molecule has 0 fully saturated rings. The molecule has 0 amide bonds. The van der Waals surface area contributed by atoms with Gasteiger partial charge in [0.1, 0.15) is 11.9 Å². The van der Waals surface area contributed by atoms with Gasteiger partial charge in [-0.05, 0) is 38.0 Å². The second-order valence-corrected chi connectivity index (χ2v) is 8.50. The van der Waals surface area contributed by atoms with Gasteiger partial charge in [0.25, 0.3) is 0 Å². The summed E-state index contributed by atoms with van der Waals surface area (Å²) in [6.45, 7) is 7.58. The number of benzene rings is 1. The lowest BCUT2D eigenvalue weighted by atomic mass is 9.69. The maximum absolute atomic E-state index is 10.3. The van der Waals surface area contributed by atoms with Crippen LogP contribution in [0.2, 0.25) is 0 Å². The zero-order chi connectivity index (χ0) is 21.6. The second-order valence-electron chi connectivity index (χ2n) is 8.50. The Bertz CT molecular complexity index is 1010. The zero-order valence-electron chi connectivity index (χ0n) is 18.4. The van der Waals surface area contributed by atoms with E-state index in [1.54, 1.807) is 7.11 Å². The van der Waals surface area contributed by atoms with Crippen molar-refractivity contribution in [3.63, 3.8) is 0 Å². The van der Waals surface area contributed by atoms with E-state index >= 15 is 0 Å². The van der Waals surface area contributed by atoms with E-state index in [0.29, 0.717) is 6.42 Å². The van der Waals surface area contributed by atoms with E-state index in [1.165, 1.54) is 11.1 Å². The molecule has 31 heavy (non-hydrogen) atoms. The Morgan fingerprint density at radius 3 is 2.90 bits per heavy atom. The molecule has 7 nitrogen and oxygen atoms in total. The third kappa shape index (κ3) is 3.14. The molecule has 1 aliphatic carbocycles. The summed E-state index contributed by atoms with van der Waals surface area (Å²) in [5.41, 5.74) is 2.18. The monoisotopic (exact) mass is 422 g/mol. The Hall–Kier alpha value is -2.80. The first kappa shape index (κ1) is 20.1. The molecule has 3 heterocycles. The van der Waals surface area contributed by atoms with Gasteiger partial charge in [-0.3, -0.25) is 0 Å². The minimum Gasteiger partial charge on any atom is -0.493 e. The molecule has 5 rings (SSSR count). The van der Waals surface area contributed by atoms with Crippen LogP contribution < -0.4 is 19.3 Å². The van der Waals surface area contributed by atoms with Crippen LogP contribution in [0.15, 0.2) is 36.5 Å². The largest absolute Gasteiger partial charge is 0.493 e. The lowest BCUT2D eigenvalue weighted by Crippen LogP contribution is -2.43. The van der Waals surface area contributed by atoms with Crippen molar-refractivity contribution in [2.75, 3.05) is 36.5 Å². The molecule has 3 aliphatic rings. The van der Waals surface area contributed by atoms with Crippen LogP contribution in [0, 0.1) is 0 Å². The van der Waals surface area contributed by atoms with Gasteiger partial charge in [-0.1, -0.05) is 18.2 Å². The van der Waals surface area contributed by atoms with E-state index in [2.05, 4.69) is 40.8 Å². The standard InChI is InChI=1S/C24H30N4O3/c1-4-27(5-2)23-25-12-9-20(26-23)28-13-11-24-10-8-17(29)14-19(24)31-22-18(30-3)7-6-16(15-28)21(22)24/h6-10,12,17,19,29H,4-5,11,13-15H2,1-3H3/t17-,19-,24-/m0/s1. The number of hydrogen-bond donors (Lipinski definition) is 1. The summed E-state index contributed by atoms with van der Waals surface area (Å²) in [6.07, 6.45) is 6.87. The van der Waals surface area contributed by atoms with Gasteiger partial charge in [0.2, 0.25) is 5.95 Å². The molecule has 0 bridgehead atoms. The zero-order valence-corrected chi connectivity index (χ0v) is 18.4. The van der Waals surface area contributed by atoms with Crippen LogP contribution in [-0.2, 0) is 12.0 Å². The van der Waals surface area contributed by atoms with Gasteiger partial charge in [0.05, 0.1) is 18.6 Å². The third-order valence-corrected chi connectivity index (χ3v) is 6.95. The van der Waals surface area contributed by atoms with Gasteiger partial charge in [0.15, 0.2) is 11.5 Å². The quantitative estimate of drug-likeness (QED) is 0.743. The van der Waals surface area contributed by atoms with Crippen LogP contribution in [0.3, 0.4) is 0 Å².